The van der Waals surface area contributed by atoms with Gasteiger partial charge >= 0.3 is 0 Å². The van der Waals surface area contributed by atoms with Crippen molar-refractivity contribution in [1.82, 2.24) is 4.90 Å². The molecular weight excluding hydrogens is 321 g/mol. The molecular formula is C16H28FNO6. The Labute approximate surface area is 141 Å². The second kappa shape index (κ2) is 9.63. The first-order chi connectivity index (χ1) is 11.3. The zero-order valence-electron chi connectivity index (χ0n) is 14.8. The summed E-state index contributed by atoms with van der Waals surface area (Å²) in [5, 5.41) is 49.4. The van der Waals surface area contributed by atoms with Crippen LogP contribution in [0, 0.1) is 12.7 Å². The topological polar surface area (TPSA) is 114 Å². The minimum Gasteiger partial charge on any atom is -0.507 e. The number of nitrogens with zero attached hydrogens (tertiary/aromatic N) is 1. The van der Waals surface area contributed by atoms with E-state index in [0.29, 0.717) is 0 Å². The molecule has 1 fully saturated rings. The quantitative estimate of drug-likeness (QED) is 0.314. The molecule has 0 radical (unpaired) electrons. The SMILES string of the molecule is CC.CC.Cc1c(O)c(C(O)(O)N2CCOCC2)c(O)c(O)c1F. The van der Waals surface area contributed by atoms with E-state index in [4.69, 9.17) is 4.74 Å². The highest BCUT2D eigenvalue weighted by Gasteiger charge is 2.42. The van der Waals surface area contributed by atoms with E-state index in [-0.39, 0.29) is 26.3 Å². The lowest BCUT2D eigenvalue weighted by molar-refractivity contribution is -0.288. The molecule has 8 heteroatoms. The molecule has 5 N–H and O–H groups in total. The number of halogens is 1. The number of phenols is 3. The summed E-state index contributed by atoms with van der Waals surface area (Å²) < 4.78 is 18.6. The summed E-state index contributed by atoms with van der Waals surface area (Å²) in [4.78, 5) is 1.13. The second-order valence-corrected chi connectivity index (χ2v) is 4.59. The maximum Gasteiger partial charge on any atom is 0.261 e. The monoisotopic (exact) mass is 349 g/mol. The van der Waals surface area contributed by atoms with Gasteiger partial charge in [-0.15, -0.1) is 0 Å². The molecule has 0 unspecified atom stereocenters. The standard InChI is InChI=1S/C12H16FNO6.2C2H6/c1-6-8(13)11(17)10(16)7(9(6)15)12(18,19)14-2-4-20-5-3-14;2*1-2/h15-19H,2-5H2,1H3;2*1-2H3. The minimum absolute atomic E-state index is 0.128. The number of hydrogen-bond acceptors (Lipinski definition) is 7. The molecule has 140 valence electrons. The Bertz CT molecular complexity index is 501. The first-order valence-corrected chi connectivity index (χ1v) is 7.99. The Kier molecular flexibility index (Phi) is 8.98. The molecule has 0 spiro atoms. The highest BCUT2D eigenvalue weighted by Crippen LogP contribution is 2.46. The van der Waals surface area contributed by atoms with Gasteiger partial charge in [-0.25, -0.2) is 9.29 Å². The fraction of sp³-hybridized carbons (Fsp3) is 0.625. The largest absolute Gasteiger partial charge is 0.507 e. The smallest absolute Gasteiger partial charge is 0.261 e. The van der Waals surface area contributed by atoms with Gasteiger partial charge in [0, 0.05) is 18.7 Å². The molecule has 7 nitrogen and oxygen atoms in total. The number of phenolic OH excluding ortho intramolecular Hbond substituents is 3. The molecule has 1 aliphatic rings. The lowest BCUT2D eigenvalue weighted by atomic mass is 10.0. The van der Waals surface area contributed by atoms with E-state index in [2.05, 4.69) is 0 Å². The van der Waals surface area contributed by atoms with Crippen LogP contribution in [0.25, 0.3) is 0 Å². The van der Waals surface area contributed by atoms with Crippen LogP contribution in [-0.2, 0) is 10.6 Å². The number of aromatic hydroxyl groups is 3. The molecule has 1 heterocycles. The molecule has 0 bridgehead atoms. The van der Waals surface area contributed by atoms with Gasteiger partial charge in [0.2, 0.25) is 0 Å². The molecule has 0 atom stereocenters. The second-order valence-electron chi connectivity index (χ2n) is 4.59. The van der Waals surface area contributed by atoms with Crippen LogP contribution in [0.15, 0.2) is 0 Å². The zero-order chi connectivity index (χ0) is 19.1. The van der Waals surface area contributed by atoms with Crippen LogP contribution in [0.2, 0.25) is 0 Å². The van der Waals surface area contributed by atoms with Crippen LogP contribution < -0.4 is 0 Å². The summed E-state index contributed by atoms with van der Waals surface area (Å²) in [5.41, 5.74) is -1.15. The fourth-order valence-corrected chi connectivity index (χ4v) is 2.15. The number of aliphatic hydroxyl groups is 2. The third-order valence-corrected chi connectivity index (χ3v) is 3.38. The van der Waals surface area contributed by atoms with Crippen LogP contribution in [0.4, 0.5) is 4.39 Å². The normalized spacial score (nSPS) is 15.0. The van der Waals surface area contributed by atoms with Crippen LogP contribution in [0.3, 0.4) is 0 Å². The van der Waals surface area contributed by atoms with Crippen molar-refractivity contribution in [2.45, 2.75) is 40.5 Å². The summed E-state index contributed by atoms with van der Waals surface area (Å²) in [5.74, 6) is -7.05. The van der Waals surface area contributed by atoms with Crippen molar-refractivity contribution >= 4 is 0 Å². The van der Waals surface area contributed by atoms with Crippen molar-refractivity contribution in [2.24, 2.45) is 0 Å². The molecule has 0 amide bonds. The van der Waals surface area contributed by atoms with E-state index in [0.717, 1.165) is 11.8 Å². The van der Waals surface area contributed by atoms with E-state index in [9.17, 15) is 29.9 Å². The lowest BCUT2D eigenvalue weighted by Gasteiger charge is -2.38. The van der Waals surface area contributed by atoms with Gasteiger partial charge in [0.1, 0.15) is 11.3 Å². The van der Waals surface area contributed by atoms with Crippen molar-refractivity contribution in [1.29, 1.82) is 0 Å². The Morgan fingerprint density at radius 3 is 1.83 bits per heavy atom. The summed E-state index contributed by atoms with van der Waals surface area (Å²) in [7, 11) is 0. The van der Waals surface area contributed by atoms with E-state index < -0.39 is 40.1 Å². The van der Waals surface area contributed by atoms with Gasteiger partial charge in [-0.1, -0.05) is 27.7 Å². The number of hydrogen-bond donors (Lipinski definition) is 5. The summed E-state index contributed by atoms with van der Waals surface area (Å²) in [6, 6.07) is 0. The highest BCUT2D eigenvalue weighted by atomic mass is 19.1. The van der Waals surface area contributed by atoms with Gasteiger partial charge in [0.25, 0.3) is 5.91 Å². The van der Waals surface area contributed by atoms with E-state index >= 15 is 0 Å². The van der Waals surface area contributed by atoms with Crippen molar-refractivity contribution in [3.05, 3.63) is 16.9 Å². The Morgan fingerprint density at radius 1 is 0.917 bits per heavy atom. The van der Waals surface area contributed by atoms with Gasteiger partial charge in [0.05, 0.1) is 13.2 Å². The van der Waals surface area contributed by atoms with Crippen LogP contribution in [0.1, 0.15) is 38.8 Å². The Morgan fingerprint density at radius 2 is 1.38 bits per heavy atom. The molecule has 0 aromatic heterocycles. The third-order valence-electron chi connectivity index (χ3n) is 3.38. The van der Waals surface area contributed by atoms with Crippen LogP contribution in [0.5, 0.6) is 17.2 Å². The molecule has 2 rings (SSSR count). The minimum atomic E-state index is -2.76. The molecule has 1 saturated heterocycles. The third kappa shape index (κ3) is 4.27. The number of rotatable bonds is 2. The maximum absolute atomic E-state index is 13.5. The molecule has 0 aliphatic carbocycles. The average molecular weight is 349 g/mol. The first kappa shape index (κ1) is 22.4. The summed E-state index contributed by atoms with van der Waals surface area (Å²) >= 11 is 0. The maximum atomic E-state index is 13.5. The number of morpholine rings is 1. The van der Waals surface area contributed by atoms with Gasteiger partial charge in [-0.05, 0) is 6.92 Å². The Hall–Kier alpha value is -1.61. The van der Waals surface area contributed by atoms with E-state index in [1.165, 1.54) is 0 Å². The predicted octanol–water partition coefficient (Wildman–Crippen LogP) is 1.73. The first-order valence-electron chi connectivity index (χ1n) is 7.99. The van der Waals surface area contributed by atoms with Crippen LogP contribution >= 0.6 is 0 Å². The van der Waals surface area contributed by atoms with Crippen molar-refractivity contribution in [3.8, 4) is 17.2 Å². The predicted molar refractivity (Wildman–Crippen MR) is 87.3 cm³/mol. The summed E-state index contributed by atoms with van der Waals surface area (Å²) in [6.07, 6.45) is 0. The molecule has 1 aromatic rings. The lowest BCUT2D eigenvalue weighted by Crippen LogP contribution is -2.51. The number of ether oxygens (including phenoxy) is 1. The van der Waals surface area contributed by atoms with Gasteiger partial charge in [-0.2, -0.15) is 0 Å². The van der Waals surface area contributed by atoms with Gasteiger partial charge in [0.15, 0.2) is 17.3 Å². The molecule has 1 aliphatic heterocycles. The van der Waals surface area contributed by atoms with Crippen molar-refractivity contribution in [2.75, 3.05) is 26.3 Å². The summed E-state index contributed by atoms with van der Waals surface area (Å²) in [6.45, 7) is 9.86. The Balaban J connectivity index is 0.00000123. The van der Waals surface area contributed by atoms with Crippen LogP contribution in [-0.4, -0.2) is 56.7 Å². The van der Waals surface area contributed by atoms with E-state index in [1.807, 2.05) is 27.7 Å². The zero-order valence-corrected chi connectivity index (χ0v) is 14.8. The highest BCUT2D eigenvalue weighted by molar-refractivity contribution is 5.58. The molecule has 0 saturated carbocycles. The van der Waals surface area contributed by atoms with Gasteiger partial charge < -0.3 is 30.3 Å². The van der Waals surface area contributed by atoms with E-state index in [1.54, 1.807) is 0 Å². The van der Waals surface area contributed by atoms with Crippen molar-refractivity contribution < 1.29 is 34.7 Å². The molecule has 24 heavy (non-hydrogen) atoms. The van der Waals surface area contributed by atoms with Crippen molar-refractivity contribution in [3.63, 3.8) is 0 Å². The molecule has 1 aromatic carbocycles. The van der Waals surface area contributed by atoms with Gasteiger partial charge in [-0.3, -0.25) is 0 Å². The average Bonchev–Trinajstić information content (AvgIpc) is 2.62. The number of benzene rings is 1. The fourth-order valence-electron chi connectivity index (χ4n) is 2.15.